The molecule has 1 nitrogen and oxygen atoms in total. The Morgan fingerprint density at radius 3 is 2.75 bits per heavy atom. The molecule has 0 N–H and O–H groups in total. The standard InChI is InChI=1S/C14H19IO/c1-14(10-5-11-15)13(16-14)9-8-12-6-3-2-4-7-12/h2-4,6-7,13H,5,8-11H2,1H3. The molecule has 2 atom stereocenters. The minimum atomic E-state index is 0.194. The van der Waals surface area contributed by atoms with Crippen molar-refractivity contribution in [3.8, 4) is 0 Å². The van der Waals surface area contributed by atoms with Gasteiger partial charge in [-0.05, 0) is 42.6 Å². The maximum atomic E-state index is 5.82. The molecule has 88 valence electrons. The lowest BCUT2D eigenvalue weighted by Crippen LogP contribution is -2.10. The van der Waals surface area contributed by atoms with Gasteiger partial charge < -0.3 is 4.74 Å². The van der Waals surface area contributed by atoms with Crippen molar-refractivity contribution >= 4 is 22.6 Å². The number of epoxide rings is 1. The fourth-order valence-corrected chi connectivity index (χ4v) is 2.62. The van der Waals surface area contributed by atoms with Gasteiger partial charge in [-0.2, -0.15) is 0 Å². The number of aryl methyl sites for hydroxylation is 1. The lowest BCUT2D eigenvalue weighted by Gasteiger charge is -2.04. The molecule has 2 unspecified atom stereocenters. The van der Waals surface area contributed by atoms with Crippen LogP contribution < -0.4 is 0 Å². The van der Waals surface area contributed by atoms with Crippen molar-refractivity contribution in [1.29, 1.82) is 0 Å². The minimum absolute atomic E-state index is 0.194. The van der Waals surface area contributed by atoms with E-state index >= 15 is 0 Å². The SMILES string of the molecule is CC1(CCCI)OC1CCc1ccccc1. The van der Waals surface area contributed by atoms with Crippen LogP contribution in [-0.4, -0.2) is 16.1 Å². The van der Waals surface area contributed by atoms with Gasteiger partial charge in [0.2, 0.25) is 0 Å². The van der Waals surface area contributed by atoms with Gasteiger partial charge >= 0.3 is 0 Å². The van der Waals surface area contributed by atoms with Crippen LogP contribution >= 0.6 is 22.6 Å². The van der Waals surface area contributed by atoms with Crippen molar-refractivity contribution in [3.63, 3.8) is 0 Å². The number of ether oxygens (including phenoxy) is 1. The highest BCUT2D eigenvalue weighted by Gasteiger charge is 2.50. The van der Waals surface area contributed by atoms with Crippen LogP contribution in [0.25, 0.3) is 0 Å². The number of hydrogen-bond donors (Lipinski definition) is 0. The summed E-state index contributed by atoms with van der Waals surface area (Å²) in [6.07, 6.45) is 5.30. The first-order valence-corrected chi connectivity index (χ1v) is 7.55. The van der Waals surface area contributed by atoms with Gasteiger partial charge in [-0.25, -0.2) is 0 Å². The molecule has 1 aliphatic rings. The Kier molecular flexibility index (Phi) is 4.25. The van der Waals surface area contributed by atoms with Crippen LogP contribution in [0.1, 0.15) is 31.7 Å². The molecular weight excluding hydrogens is 311 g/mol. The fourth-order valence-electron chi connectivity index (χ4n) is 2.24. The van der Waals surface area contributed by atoms with E-state index in [2.05, 4.69) is 59.8 Å². The maximum Gasteiger partial charge on any atom is 0.0920 e. The van der Waals surface area contributed by atoms with E-state index in [0.29, 0.717) is 6.10 Å². The summed E-state index contributed by atoms with van der Waals surface area (Å²) in [5.41, 5.74) is 1.62. The molecule has 1 heterocycles. The van der Waals surface area contributed by atoms with Crippen LogP contribution in [0, 0.1) is 0 Å². The van der Waals surface area contributed by atoms with Crippen molar-refractivity contribution in [1.82, 2.24) is 0 Å². The predicted molar refractivity (Wildman–Crippen MR) is 76.2 cm³/mol. The average Bonchev–Trinajstić information content (AvgIpc) is 2.97. The Hall–Kier alpha value is -0.0900. The summed E-state index contributed by atoms with van der Waals surface area (Å²) < 4.78 is 7.06. The molecule has 2 rings (SSSR count). The maximum absolute atomic E-state index is 5.82. The second-order valence-corrected chi connectivity index (χ2v) is 5.81. The molecule has 0 saturated carbocycles. The number of benzene rings is 1. The van der Waals surface area contributed by atoms with Gasteiger partial charge in [0.25, 0.3) is 0 Å². The highest BCUT2D eigenvalue weighted by atomic mass is 127. The minimum Gasteiger partial charge on any atom is -0.366 e. The summed E-state index contributed by atoms with van der Waals surface area (Å²) in [4.78, 5) is 0. The van der Waals surface area contributed by atoms with Crippen molar-refractivity contribution in [3.05, 3.63) is 35.9 Å². The van der Waals surface area contributed by atoms with Crippen LogP contribution in [0.3, 0.4) is 0 Å². The van der Waals surface area contributed by atoms with Gasteiger partial charge in [-0.3, -0.25) is 0 Å². The predicted octanol–water partition coefficient (Wildman–Crippen LogP) is 3.99. The smallest absolute Gasteiger partial charge is 0.0920 e. The van der Waals surface area contributed by atoms with Crippen LogP contribution in [0.2, 0.25) is 0 Å². The van der Waals surface area contributed by atoms with Gasteiger partial charge in [-0.15, -0.1) is 0 Å². The van der Waals surface area contributed by atoms with Crippen molar-refractivity contribution in [2.24, 2.45) is 0 Å². The van der Waals surface area contributed by atoms with Crippen molar-refractivity contribution in [2.75, 3.05) is 4.43 Å². The molecule has 1 fully saturated rings. The summed E-state index contributed by atoms with van der Waals surface area (Å²) in [5.74, 6) is 0. The zero-order valence-electron chi connectivity index (χ0n) is 9.79. The zero-order valence-corrected chi connectivity index (χ0v) is 11.9. The first-order valence-electron chi connectivity index (χ1n) is 6.02. The summed E-state index contributed by atoms with van der Waals surface area (Å²) in [7, 11) is 0. The first kappa shape index (κ1) is 12.4. The van der Waals surface area contributed by atoms with E-state index in [1.54, 1.807) is 0 Å². The van der Waals surface area contributed by atoms with Gasteiger partial charge in [-0.1, -0.05) is 52.9 Å². The van der Waals surface area contributed by atoms with Gasteiger partial charge in [0.15, 0.2) is 0 Å². The van der Waals surface area contributed by atoms with Crippen molar-refractivity contribution in [2.45, 2.75) is 44.3 Å². The quantitative estimate of drug-likeness (QED) is 0.436. The van der Waals surface area contributed by atoms with Crippen molar-refractivity contribution < 1.29 is 4.74 Å². The molecule has 1 aromatic carbocycles. The Morgan fingerprint density at radius 2 is 2.06 bits per heavy atom. The second-order valence-electron chi connectivity index (χ2n) is 4.74. The summed E-state index contributed by atoms with van der Waals surface area (Å²) in [6.45, 7) is 2.26. The Morgan fingerprint density at radius 1 is 1.31 bits per heavy atom. The van der Waals surface area contributed by atoms with Crippen LogP contribution in [-0.2, 0) is 11.2 Å². The van der Waals surface area contributed by atoms with E-state index in [-0.39, 0.29) is 5.60 Å². The molecule has 16 heavy (non-hydrogen) atoms. The molecule has 0 bridgehead atoms. The van der Waals surface area contributed by atoms with Gasteiger partial charge in [0.05, 0.1) is 11.7 Å². The molecule has 0 radical (unpaired) electrons. The molecule has 0 amide bonds. The molecule has 1 aromatic rings. The number of halogens is 1. The topological polar surface area (TPSA) is 12.5 Å². The molecule has 0 aliphatic carbocycles. The van der Waals surface area contributed by atoms with Crippen LogP contribution in [0.4, 0.5) is 0 Å². The largest absolute Gasteiger partial charge is 0.366 e. The summed E-state index contributed by atoms with van der Waals surface area (Å²) in [5, 5.41) is 0. The molecule has 0 aromatic heterocycles. The van der Waals surface area contributed by atoms with E-state index in [0.717, 1.165) is 6.42 Å². The van der Waals surface area contributed by atoms with E-state index in [1.807, 2.05) is 0 Å². The van der Waals surface area contributed by atoms with Crippen LogP contribution in [0.5, 0.6) is 0 Å². The Bertz CT molecular complexity index is 325. The third kappa shape index (κ3) is 3.20. The molecular formula is C14H19IO. The number of hydrogen-bond acceptors (Lipinski definition) is 1. The van der Waals surface area contributed by atoms with E-state index in [4.69, 9.17) is 4.74 Å². The van der Waals surface area contributed by atoms with Gasteiger partial charge in [0.1, 0.15) is 0 Å². The highest BCUT2D eigenvalue weighted by Crippen LogP contribution is 2.42. The van der Waals surface area contributed by atoms with Crippen LogP contribution in [0.15, 0.2) is 30.3 Å². The summed E-state index contributed by atoms with van der Waals surface area (Å²) >= 11 is 2.44. The fraction of sp³-hybridized carbons (Fsp3) is 0.571. The Balaban J connectivity index is 1.73. The molecule has 1 saturated heterocycles. The number of rotatable bonds is 6. The molecule has 1 aliphatic heterocycles. The third-order valence-electron chi connectivity index (χ3n) is 3.38. The third-order valence-corrected chi connectivity index (χ3v) is 4.14. The van der Waals surface area contributed by atoms with E-state index in [1.165, 1.54) is 29.3 Å². The zero-order chi connectivity index (χ0) is 11.4. The summed E-state index contributed by atoms with van der Waals surface area (Å²) in [6, 6.07) is 10.7. The monoisotopic (exact) mass is 330 g/mol. The average molecular weight is 330 g/mol. The normalized spacial score (nSPS) is 28.0. The van der Waals surface area contributed by atoms with E-state index in [9.17, 15) is 0 Å². The second kappa shape index (κ2) is 5.50. The molecule has 0 spiro atoms. The Labute approximate surface area is 112 Å². The van der Waals surface area contributed by atoms with Gasteiger partial charge in [0, 0.05) is 0 Å². The first-order chi connectivity index (χ1) is 7.74. The van der Waals surface area contributed by atoms with E-state index < -0.39 is 0 Å². The highest BCUT2D eigenvalue weighted by molar-refractivity contribution is 14.1. The molecule has 2 heteroatoms. The number of alkyl halides is 1. The lowest BCUT2D eigenvalue weighted by atomic mass is 9.97. The lowest BCUT2D eigenvalue weighted by molar-refractivity contribution is 0.293.